The number of anilines is 1. The number of pyridine rings is 2. The lowest BCUT2D eigenvalue weighted by Gasteiger charge is -2.07. The lowest BCUT2D eigenvalue weighted by atomic mass is 10.1. The summed E-state index contributed by atoms with van der Waals surface area (Å²) < 4.78 is 15.5. The van der Waals surface area contributed by atoms with Gasteiger partial charge >= 0.3 is 0 Å². The molecule has 0 radical (unpaired) electrons. The van der Waals surface area contributed by atoms with E-state index >= 15 is 0 Å². The number of fused-ring (bicyclic) bond motifs is 2. The number of rotatable bonds is 1. The molecule has 0 amide bonds. The highest BCUT2D eigenvalue weighted by Gasteiger charge is 2.07. The maximum atomic E-state index is 13.6. The van der Waals surface area contributed by atoms with Crippen LogP contribution < -0.4 is 5.73 Å². The SMILES string of the molecule is Nc1cc2cnc(-n3ccc4ccncc43)cc2cc1F. The second kappa shape index (κ2) is 4.28. The predicted octanol–water partition coefficient (Wildman–Crippen LogP) is 3.30. The van der Waals surface area contributed by atoms with Crippen molar-refractivity contribution in [2.75, 3.05) is 5.73 Å². The van der Waals surface area contributed by atoms with E-state index in [4.69, 9.17) is 5.73 Å². The van der Waals surface area contributed by atoms with Crippen LogP contribution in [0.4, 0.5) is 10.1 Å². The van der Waals surface area contributed by atoms with Gasteiger partial charge in [0.05, 0.1) is 17.4 Å². The van der Waals surface area contributed by atoms with Gasteiger partial charge in [0.25, 0.3) is 0 Å². The molecule has 0 aliphatic carbocycles. The molecule has 0 bridgehead atoms. The lowest BCUT2D eigenvalue weighted by Crippen LogP contribution is -1.97. The van der Waals surface area contributed by atoms with Gasteiger partial charge in [-0.1, -0.05) is 0 Å². The fourth-order valence-electron chi connectivity index (χ4n) is 2.48. The van der Waals surface area contributed by atoms with Crippen molar-refractivity contribution in [3.05, 3.63) is 60.9 Å². The molecule has 4 aromatic rings. The maximum absolute atomic E-state index is 13.6. The van der Waals surface area contributed by atoms with E-state index < -0.39 is 5.82 Å². The lowest BCUT2D eigenvalue weighted by molar-refractivity contribution is 0.634. The molecule has 0 unspecified atom stereocenters. The maximum Gasteiger partial charge on any atom is 0.146 e. The Hall–Kier alpha value is -2.95. The first-order valence-electron chi connectivity index (χ1n) is 6.48. The van der Waals surface area contributed by atoms with Crippen LogP contribution in [0.1, 0.15) is 0 Å². The van der Waals surface area contributed by atoms with Gasteiger partial charge in [0, 0.05) is 29.4 Å². The number of nitrogens with zero attached hydrogens (tertiary/aromatic N) is 3. The summed E-state index contributed by atoms with van der Waals surface area (Å²) >= 11 is 0. The Morgan fingerprint density at radius 2 is 1.90 bits per heavy atom. The molecule has 0 aliphatic rings. The zero-order chi connectivity index (χ0) is 14.4. The molecule has 3 aromatic heterocycles. The first kappa shape index (κ1) is 11.8. The van der Waals surface area contributed by atoms with E-state index in [1.54, 1.807) is 24.7 Å². The minimum atomic E-state index is -0.418. The third kappa shape index (κ3) is 1.82. The number of hydrogen-bond donors (Lipinski definition) is 1. The fourth-order valence-corrected chi connectivity index (χ4v) is 2.48. The van der Waals surface area contributed by atoms with Crippen LogP contribution in [-0.2, 0) is 0 Å². The number of nitrogen functional groups attached to an aromatic ring is 1. The topological polar surface area (TPSA) is 56.7 Å². The van der Waals surface area contributed by atoms with Gasteiger partial charge in [-0.25, -0.2) is 9.37 Å². The molecule has 4 rings (SSSR count). The van der Waals surface area contributed by atoms with E-state index in [1.165, 1.54) is 6.07 Å². The van der Waals surface area contributed by atoms with Crippen LogP contribution in [0, 0.1) is 5.82 Å². The summed E-state index contributed by atoms with van der Waals surface area (Å²) in [6.45, 7) is 0. The molecular formula is C16H11FN4. The molecule has 0 saturated carbocycles. The Morgan fingerprint density at radius 1 is 1.00 bits per heavy atom. The van der Waals surface area contributed by atoms with Crippen LogP contribution in [-0.4, -0.2) is 14.5 Å². The highest BCUT2D eigenvalue weighted by atomic mass is 19.1. The van der Waals surface area contributed by atoms with Gasteiger partial charge in [-0.15, -0.1) is 0 Å². The first-order chi connectivity index (χ1) is 10.2. The van der Waals surface area contributed by atoms with Crippen LogP contribution in [0.5, 0.6) is 0 Å². The van der Waals surface area contributed by atoms with Crippen molar-refractivity contribution in [1.82, 2.24) is 14.5 Å². The van der Waals surface area contributed by atoms with Crippen LogP contribution in [0.25, 0.3) is 27.5 Å². The number of halogens is 1. The summed E-state index contributed by atoms with van der Waals surface area (Å²) in [5.41, 5.74) is 6.67. The smallest absolute Gasteiger partial charge is 0.146 e. The van der Waals surface area contributed by atoms with Gasteiger partial charge in [0.2, 0.25) is 0 Å². The van der Waals surface area contributed by atoms with Crippen LogP contribution in [0.15, 0.2) is 55.1 Å². The Balaban J connectivity index is 1.96. The van der Waals surface area contributed by atoms with Crippen molar-refractivity contribution in [1.29, 1.82) is 0 Å². The molecule has 3 heterocycles. The standard InChI is InChI=1S/C16H11FN4/c17-13-5-11-7-16(20-8-12(11)6-14(13)18)21-4-2-10-1-3-19-9-15(10)21/h1-9H,18H2. The normalized spacial score (nSPS) is 11.3. The minimum absolute atomic E-state index is 0.132. The van der Waals surface area contributed by atoms with E-state index in [2.05, 4.69) is 9.97 Å². The quantitative estimate of drug-likeness (QED) is 0.543. The molecular weight excluding hydrogens is 267 g/mol. The minimum Gasteiger partial charge on any atom is -0.396 e. The zero-order valence-electron chi connectivity index (χ0n) is 11.0. The molecule has 0 atom stereocenters. The van der Waals surface area contributed by atoms with Crippen molar-refractivity contribution in [2.45, 2.75) is 0 Å². The van der Waals surface area contributed by atoms with Crippen LogP contribution in [0.3, 0.4) is 0 Å². The van der Waals surface area contributed by atoms with Crippen LogP contribution in [0.2, 0.25) is 0 Å². The molecule has 0 saturated heterocycles. The average Bonchev–Trinajstić information content (AvgIpc) is 2.92. The number of nitrogens with two attached hydrogens (primary N) is 1. The number of hydrogen-bond acceptors (Lipinski definition) is 3. The Kier molecular flexibility index (Phi) is 2.41. The van der Waals surface area contributed by atoms with Crippen LogP contribution >= 0.6 is 0 Å². The molecule has 2 N–H and O–H groups in total. The summed E-state index contributed by atoms with van der Waals surface area (Å²) in [7, 11) is 0. The average molecular weight is 278 g/mol. The van der Waals surface area contributed by atoms with Gasteiger partial charge in [0.1, 0.15) is 11.6 Å². The summed E-state index contributed by atoms with van der Waals surface area (Å²) in [5, 5.41) is 2.65. The van der Waals surface area contributed by atoms with Gasteiger partial charge in [-0.3, -0.25) is 9.55 Å². The fraction of sp³-hybridized carbons (Fsp3) is 0. The molecule has 0 fully saturated rings. The third-order valence-corrected chi connectivity index (χ3v) is 3.57. The van der Waals surface area contributed by atoms with Crippen molar-refractivity contribution in [2.24, 2.45) is 0 Å². The summed E-state index contributed by atoms with van der Waals surface area (Å²) in [5.74, 6) is 0.299. The Labute approximate surface area is 119 Å². The molecule has 4 nitrogen and oxygen atoms in total. The van der Waals surface area contributed by atoms with Gasteiger partial charge < -0.3 is 5.73 Å². The number of aromatic nitrogens is 3. The second-order valence-electron chi connectivity index (χ2n) is 4.88. The zero-order valence-corrected chi connectivity index (χ0v) is 11.0. The van der Waals surface area contributed by atoms with Gasteiger partial charge in [-0.05, 0) is 35.7 Å². The molecule has 5 heteroatoms. The molecule has 1 aromatic carbocycles. The third-order valence-electron chi connectivity index (χ3n) is 3.57. The molecule has 102 valence electrons. The van der Waals surface area contributed by atoms with E-state index in [-0.39, 0.29) is 5.69 Å². The molecule has 0 spiro atoms. The highest BCUT2D eigenvalue weighted by Crippen LogP contribution is 2.24. The summed E-state index contributed by atoms with van der Waals surface area (Å²) in [6, 6.07) is 8.79. The van der Waals surface area contributed by atoms with E-state index in [0.717, 1.165) is 27.5 Å². The number of benzene rings is 1. The van der Waals surface area contributed by atoms with E-state index in [9.17, 15) is 4.39 Å². The van der Waals surface area contributed by atoms with Crippen molar-refractivity contribution in [3.63, 3.8) is 0 Å². The van der Waals surface area contributed by atoms with Crippen molar-refractivity contribution < 1.29 is 4.39 Å². The van der Waals surface area contributed by atoms with Gasteiger partial charge in [-0.2, -0.15) is 0 Å². The predicted molar refractivity (Wildman–Crippen MR) is 80.7 cm³/mol. The molecule has 0 aliphatic heterocycles. The van der Waals surface area contributed by atoms with E-state index in [1.807, 2.05) is 29.0 Å². The van der Waals surface area contributed by atoms with Crippen molar-refractivity contribution in [3.8, 4) is 5.82 Å². The first-order valence-corrected chi connectivity index (χ1v) is 6.48. The molecule has 21 heavy (non-hydrogen) atoms. The monoisotopic (exact) mass is 278 g/mol. The summed E-state index contributed by atoms with van der Waals surface area (Å²) in [4.78, 5) is 8.56. The summed E-state index contributed by atoms with van der Waals surface area (Å²) in [6.07, 6.45) is 7.15. The Morgan fingerprint density at radius 3 is 2.81 bits per heavy atom. The highest BCUT2D eigenvalue weighted by molar-refractivity contribution is 5.87. The van der Waals surface area contributed by atoms with Gasteiger partial charge in [0.15, 0.2) is 0 Å². The Bertz CT molecular complexity index is 975. The van der Waals surface area contributed by atoms with Crippen molar-refractivity contribution >= 4 is 27.4 Å². The largest absolute Gasteiger partial charge is 0.396 e. The van der Waals surface area contributed by atoms with E-state index in [0.29, 0.717) is 0 Å². The second-order valence-corrected chi connectivity index (χ2v) is 4.88.